The van der Waals surface area contributed by atoms with Gasteiger partial charge in [-0.1, -0.05) is 39.0 Å². The molecule has 5 aromatic rings. The largest absolute Gasteiger partial charge is 0.462 e. The summed E-state index contributed by atoms with van der Waals surface area (Å²) in [6.07, 6.45) is 0. The van der Waals surface area contributed by atoms with Crippen molar-refractivity contribution >= 4 is 28.3 Å². The molecule has 0 saturated heterocycles. The maximum Gasteiger partial charge on any atom is 0.338 e. The molecular formula is C26H25N5O3S. The fraction of sp³-hybridized carbons (Fsp3) is 0.269. The Hall–Kier alpha value is -3.85. The summed E-state index contributed by atoms with van der Waals surface area (Å²) in [6.45, 7) is 8.87. The number of ether oxygens (including phenoxy) is 1. The van der Waals surface area contributed by atoms with Crippen molar-refractivity contribution in [1.29, 1.82) is 0 Å². The summed E-state index contributed by atoms with van der Waals surface area (Å²) in [5.74, 6) is 0.972. The van der Waals surface area contributed by atoms with Gasteiger partial charge in [-0.3, -0.25) is 0 Å². The van der Waals surface area contributed by atoms with Gasteiger partial charge in [0.05, 0.1) is 24.4 Å². The van der Waals surface area contributed by atoms with Gasteiger partial charge in [0.25, 0.3) is 0 Å². The van der Waals surface area contributed by atoms with Crippen LogP contribution in [0.1, 0.15) is 49.3 Å². The Balaban J connectivity index is 1.46. The van der Waals surface area contributed by atoms with Crippen LogP contribution in [0.5, 0.6) is 0 Å². The van der Waals surface area contributed by atoms with Crippen LogP contribution in [0.15, 0.2) is 58.3 Å². The molecule has 0 aliphatic carbocycles. The second kappa shape index (κ2) is 9.07. The molecule has 2 aromatic carbocycles. The average molecular weight is 488 g/mol. The van der Waals surface area contributed by atoms with Crippen LogP contribution in [0.3, 0.4) is 0 Å². The van der Waals surface area contributed by atoms with Crippen LogP contribution in [-0.4, -0.2) is 37.8 Å². The fourth-order valence-corrected chi connectivity index (χ4v) is 4.76. The van der Waals surface area contributed by atoms with E-state index in [2.05, 4.69) is 41.7 Å². The van der Waals surface area contributed by atoms with E-state index < -0.39 is 0 Å². The quantitative estimate of drug-likeness (QED) is 0.282. The van der Waals surface area contributed by atoms with Crippen LogP contribution in [-0.2, 0) is 16.7 Å². The molecule has 0 aliphatic rings. The van der Waals surface area contributed by atoms with E-state index in [1.54, 1.807) is 29.0 Å². The zero-order valence-electron chi connectivity index (χ0n) is 20.0. The van der Waals surface area contributed by atoms with Gasteiger partial charge >= 0.3 is 5.97 Å². The lowest BCUT2D eigenvalue weighted by Gasteiger charge is -2.13. The molecule has 3 aromatic heterocycles. The molecule has 9 heteroatoms. The Morgan fingerprint density at radius 1 is 1.14 bits per heavy atom. The summed E-state index contributed by atoms with van der Waals surface area (Å²) in [5.41, 5.74) is 3.92. The lowest BCUT2D eigenvalue weighted by atomic mass is 9.93. The van der Waals surface area contributed by atoms with Gasteiger partial charge in [0.2, 0.25) is 0 Å². The summed E-state index contributed by atoms with van der Waals surface area (Å²) in [4.78, 5) is 17.1. The molecule has 0 saturated carbocycles. The number of carbonyl (C=O) groups excluding carboxylic acids is 1. The summed E-state index contributed by atoms with van der Waals surface area (Å²) in [5, 5.41) is 16.2. The average Bonchev–Trinajstić information content (AvgIpc) is 3.57. The Kier molecular flexibility index (Phi) is 5.94. The molecule has 3 heterocycles. The number of thiazole rings is 1. The van der Waals surface area contributed by atoms with E-state index in [4.69, 9.17) is 14.1 Å². The van der Waals surface area contributed by atoms with Gasteiger partial charge in [0, 0.05) is 21.7 Å². The van der Waals surface area contributed by atoms with Gasteiger partial charge in [0.15, 0.2) is 16.6 Å². The monoisotopic (exact) mass is 487 g/mol. The van der Waals surface area contributed by atoms with Crippen molar-refractivity contribution in [2.75, 3.05) is 6.61 Å². The van der Waals surface area contributed by atoms with Crippen molar-refractivity contribution in [1.82, 2.24) is 25.2 Å². The van der Waals surface area contributed by atoms with E-state index in [0.717, 1.165) is 38.6 Å². The molecule has 178 valence electrons. The molecule has 0 amide bonds. The maximum atomic E-state index is 12.4. The summed E-state index contributed by atoms with van der Waals surface area (Å²) in [7, 11) is 0. The first-order chi connectivity index (χ1) is 16.8. The Morgan fingerprint density at radius 3 is 2.74 bits per heavy atom. The molecule has 35 heavy (non-hydrogen) atoms. The Labute approximate surface area is 206 Å². The number of carbonyl (C=O) groups is 1. The number of esters is 1. The summed E-state index contributed by atoms with van der Waals surface area (Å²) < 4.78 is 13.0. The topological polar surface area (TPSA) is 95.9 Å². The number of tetrazole rings is 1. The second-order valence-electron chi connectivity index (χ2n) is 9.19. The number of aromatic nitrogens is 5. The molecule has 0 bridgehead atoms. The number of rotatable bonds is 6. The fourth-order valence-electron chi connectivity index (χ4n) is 3.76. The Morgan fingerprint density at radius 2 is 1.97 bits per heavy atom. The SMILES string of the molecule is CCOC(=O)c1ccccc1Cn1nnnc1-c1ccc2oc(-c3nc(C(C)(C)C)cs3)cc2c1. The number of fused-ring (bicyclic) bond motifs is 1. The lowest BCUT2D eigenvalue weighted by Crippen LogP contribution is -2.12. The van der Waals surface area contributed by atoms with Crippen molar-refractivity contribution in [2.24, 2.45) is 0 Å². The van der Waals surface area contributed by atoms with Crippen LogP contribution in [0.4, 0.5) is 0 Å². The van der Waals surface area contributed by atoms with Crippen molar-refractivity contribution in [3.8, 4) is 22.2 Å². The van der Waals surface area contributed by atoms with Crippen LogP contribution in [0, 0.1) is 0 Å². The highest BCUT2D eigenvalue weighted by Crippen LogP contribution is 2.34. The number of benzene rings is 2. The second-order valence-corrected chi connectivity index (χ2v) is 10.0. The molecule has 5 rings (SSSR count). The van der Waals surface area contributed by atoms with Crippen molar-refractivity contribution < 1.29 is 13.9 Å². The van der Waals surface area contributed by atoms with Crippen LogP contribution < -0.4 is 0 Å². The third-order valence-corrected chi connectivity index (χ3v) is 6.48. The highest BCUT2D eigenvalue weighted by Gasteiger charge is 2.20. The van der Waals surface area contributed by atoms with E-state index in [-0.39, 0.29) is 11.4 Å². The summed E-state index contributed by atoms with van der Waals surface area (Å²) in [6, 6.07) is 15.2. The third-order valence-electron chi connectivity index (χ3n) is 5.62. The zero-order chi connectivity index (χ0) is 24.6. The highest BCUT2D eigenvalue weighted by atomic mass is 32.1. The minimum absolute atomic E-state index is 0.0170. The van der Waals surface area contributed by atoms with Crippen LogP contribution in [0.2, 0.25) is 0 Å². The minimum atomic E-state index is -0.359. The molecule has 0 atom stereocenters. The van der Waals surface area contributed by atoms with E-state index in [1.807, 2.05) is 42.5 Å². The lowest BCUT2D eigenvalue weighted by molar-refractivity contribution is 0.0525. The van der Waals surface area contributed by atoms with Gasteiger partial charge in [-0.25, -0.2) is 14.5 Å². The minimum Gasteiger partial charge on any atom is -0.462 e. The molecule has 0 fully saturated rings. The van der Waals surface area contributed by atoms with Crippen molar-refractivity contribution in [3.63, 3.8) is 0 Å². The van der Waals surface area contributed by atoms with Gasteiger partial charge < -0.3 is 9.15 Å². The first-order valence-corrected chi connectivity index (χ1v) is 12.2. The van der Waals surface area contributed by atoms with Crippen LogP contribution in [0.25, 0.3) is 33.1 Å². The predicted octanol–water partition coefficient (Wildman–Crippen LogP) is 5.73. The van der Waals surface area contributed by atoms with Gasteiger partial charge in [-0.15, -0.1) is 16.4 Å². The molecule has 0 spiro atoms. The van der Waals surface area contributed by atoms with Crippen molar-refractivity contribution in [2.45, 2.75) is 39.7 Å². The normalized spacial score (nSPS) is 11.8. The smallest absolute Gasteiger partial charge is 0.338 e. The number of furan rings is 1. The van der Waals surface area contributed by atoms with E-state index >= 15 is 0 Å². The number of nitrogens with zero attached hydrogens (tertiary/aromatic N) is 5. The molecule has 0 unspecified atom stereocenters. The first kappa shape index (κ1) is 22.9. The number of hydrogen-bond acceptors (Lipinski definition) is 8. The zero-order valence-corrected chi connectivity index (χ0v) is 20.8. The van der Waals surface area contributed by atoms with Crippen LogP contribution >= 0.6 is 11.3 Å². The van der Waals surface area contributed by atoms with E-state index in [1.165, 1.54) is 0 Å². The Bertz CT molecular complexity index is 1510. The highest BCUT2D eigenvalue weighted by molar-refractivity contribution is 7.13. The van der Waals surface area contributed by atoms with Gasteiger partial charge in [0.1, 0.15) is 5.58 Å². The van der Waals surface area contributed by atoms with Gasteiger partial charge in [-0.2, -0.15) is 0 Å². The standard InChI is InChI=1S/C26H25N5O3S/c1-5-33-25(32)19-9-7-6-8-17(19)14-31-23(28-29-30-31)16-10-11-20-18(12-16)13-21(34-20)24-27-22(15-35-24)26(2,3)4/h6-13,15H,5,14H2,1-4H3. The van der Waals surface area contributed by atoms with Gasteiger partial charge in [-0.05, 0) is 53.2 Å². The predicted molar refractivity (Wildman–Crippen MR) is 134 cm³/mol. The summed E-state index contributed by atoms with van der Waals surface area (Å²) >= 11 is 1.58. The molecular weight excluding hydrogens is 462 g/mol. The number of hydrogen-bond donors (Lipinski definition) is 0. The molecule has 0 radical (unpaired) electrons. The van der Waals surface area contributed by atoms with Crippen molar-refractivity contribution in [3.05, 3.63) is 70.7 Å². The van der Waals surface area contributed by atoms with E-state index in [0.29, 0.717) is 24.5 Å². The molecule has 8 nitrogen and oxygen atoms in total. The molecule has 0 aliphatic heterocycles. The third kappa shape index (κ3) is 4.59. The molecule has 0 N–H and O–H groups in total. The first-order valence-electron chi connectivity index (χ1n) is 11.3. The maximum absolute atomic E-state index is 12.4. The van der Waals surface area contributed by atoms with E-state index in [9.17, 15) is 4.79 Å².